The molecule has 0 aromatic heterocycles. The van der Waals surface area contributed by atoms with E-state index < -0.39 is 11.9 Å². The van der Waals surface area contributed by atoms with Gasteiger partial charge in [0.15, 0.2) is 5.78 Å². The summed E-state index contributed by atoms with van der Waals surface area (Å²) in [6.45, 7) is 4.25. The van der Waals surface area contributed by atoms with E-state index in [1.807, 2.05) is 49.4 Å². The highest BCUT2D eigenvalue weighted by atomic mass is 127. The number of carbonyl (C=O) groups excluding carboxylic acids is 1. The monoisotopic (exact) mass is 581 g/mol. The molecule has 2 atom stereocenters. The molecule has 0 spiro atoms. The molecule has 2 unspecified atom stereocenters. The Morgan fingerprint density at radius 3 is 2.09 bits per heavy atom. The second-order valence-electron chi connectivity index (χ2n) is 8.77. The zero-order valence-corrected chi connectivity index (χ0v) is 22.4. The van der Waals surface area contributed by atoms with E-state index in [1.165, 1.54) is 5.70 Å². The van der Waals surface area contributed by atoms with Crippen molar-refractivity contribution in [3.63, 3.8) is 0 Å². The zero-order valence-electron chi connectivity index (χ0n) is 20.2. The summed E-state index contributed by atoms with van der Waals surface area (Å²) in [5.74, 6) is -1.29. The molecule has 0 aliphatic carbocycles. The molecule has 3 aromatic carbocycles. The number of rotatable bonds is 12. The van der Waals surface area contributed by atoms with Crippen LogP contribution in [0.15, 0.2) is 90.6 Å². The molecule has 0 aliphatic rings. The van der Waals surface area contributed by atoms with E-state index in [1.54, 1.807) is 12.1 Å². The fourth-order valence-electron chi connectivity index (χ4n) is 3.96. The first-order chi connectivity index (χ1) is 16.9. The topological polar surface area (TPSA) is 66.4 Å². The van der Waals surface area contributed by atoms with Gasteiger partial charge in [0, 0.05) is 33.7 Å². The van der Waals surface area contributed by atoms with Gasteiger partial charge in [0.05, 0.1) is 5.92 Å². The summed E-state index contributed by atoms with van der Waals surface area (Å²) >= 11 is 2.40. The summed E-state index contributed by atoms with van der Waals surface area (Å²) in [4.78, 5) is 24.5. The molecule has 0 bridgehead atoms. The number of anilines is 1. The van der Waals surface area contributed by atoms with E-state index >= 15 is 0 Å². The second kappa shape index (κ2) is 13.2. The van der Waals surface area contributed by atoms with Gasteiger partial charge < -0.3 is 10.4 Å². The van der Waals surface area contributed by atoms with Crippen molar-refractivity contribution in [2.24, 2.45) is 11.8 Å². The van der Waals surface area contributed by atoms with Crippen LogP contribution in [0.1, 0.15) is 42.6 Å². The van der Waals surface area contributed by atoms with Crippen LogP contribution < -0.4 is 5.32 Å². The standard InChI is InChI=1S/C30H32INO3/c1-3-28(21(2)20-31)32-27-17-15-24(16-18-27)23-11-13-25(14-12-23)29(33)19-26(30(34)35)10-9-22-7-5-4-6-8-22/h3-8,11-18,21,26,32H,9-10,19-20H2,1-2H3,(H,34,35)/b28-3-. The maximum absolute atomic E-state index is 12.8. The Bertz CT molecular complexity index is 1140. The fraction of sp³-hybridized carbons (Fsp3) is 0.267. The lowest BCUT2D eigenvalue weighted by Crippen LogP contribution is -2.19. The summed E-state index contributed by atoms with van der Waals surface area (Å²) < 4.78 is 1.05. The van der Waals surface area contributed by atoms with Crippen molar-refractivity contribution in [3.8, 4) is 11.1 Å². The Hall–Kier alpha value is -2.93. The third kappa shape index (κ3) is 7.79. The largest absolute Gasteiger partial charge is 0.481 e. The van der Waals surface area contributed by atoms with Gasteiger partial charge in [-0.2, -0.15) is 0 Å². The van der Waals surface area contributed by atoms with Crippen LogP contribution in [-0.4, -0.2) is 21.3 Å². The van der Waals surface area contributed by atoms with Crippen molar-refractivity contribution < 1.29 is 14.7 Å². The van der Waals surface area contributed by atoms with E-state index in [4.69, 9.17) is 0 Å². The van der Waals surface area contributed by atoms with Gasteiger partial charge in [0.25, 0.3) is 0 Å². The molecular formula is C30H32INO3. The van der Waals surface area contributed by atoms with Gasteiger partial charge in [-0.05, 0) is 48.6 Å². The molecule has 3 aromatic rings. The molecule has 35 heavy (non-hydrogen) atoms. The Kier molecular flexibility index (Phi) is 10.1. The molecule has 0 saturated heterocycles. The highest BCUT2D eigenvalue weighted by molar-refractivity contribution is 14.1. The Labute approximate surface area is 221 Å². The first-order valence-electron chi connectivity index (χ1n) is 11.9. The van der Waals surface area contributed by atoms with Gasteiger partial charge in [0.2, 0.25) is 0 Å². The lowest BCUT2D eigenvalue weighted by atomic mass is 9.92. The molecule has 4 nitrogen and oxygen atoms in total. The van der Waals surface area contributed by atoms with Crippen molar-refractivity contribution >= 4 is 40.0 Å². The van der Waals surface area contributed by atoms with Gasteiger partial charge in [-0.1, -0.05) is 102 Å². The Balaban J connectivity index is 1.62. The summed E-state index contributed by atoms with van der Waals surface area (Å²) in [6, 6.07) is 25.4. The third-order valence-corrected chi connectivity index (χ3v) is 7.51. The molecule has 3 rings (SSSR count). The number of benzene rings is 3. The summed E-state index contributed by atoms with van der Waals surface area (Å²) in [7, 11) is 0. The molecule has 0 heterocycles. The molecule has 0 amide bonds. The van der Waals surface area contributed by atoms with Crippen LogP contribution >= 0.6 is 22.6 Å². The van der Waals surface area contributed by atoms with Crippen LogP contribution in [0.4, 0.5) is 5.69 Å². The second-order valence-corrected chi connectivity index (χ2v) is 9.65. The smallest absolute Gasteiger partial charge is 0.306 e. The number of aryl methyl sites for hydroxylation is 1. The molecule has 0 aliphatic heterocycles. The van der Waals surface area contributed by atoms with Crippen molar-refractivity contribution in [1.29, 1.82) is 0 Å². The predicted molar refractivity (Wildman–Crippen MR) is 152 cm³/mol. The molecule has 0 radical (unpaired) electrons. The number of aliphatic carboxylic acids is 1. The van der Waals surface area contributed by atoms with Gasteiger partial charge >= 0.3 is 5.97 Å². The van der Waals surface area contributed by atoms with Crippen molar-refractivity contribution in [2.75, 3.05) is 9.74 Å². The van der Waals surface area contributed by atoms with Gasteiger partial charge in [-0.25, -0.2) is 0 Å². The number of carbonyl (C=O) groups is 2. The lowest BCUT2D eigenvalue weighted by Gasteiger charge is -2.16. The minimum Gasteiger partial charge on any atom is -0.481 e. The number of carboxylic acids is 1. The highest BCUT2D eigenvalue weighted by Gasteiger charge is 2.22. The number of hydrogen-bond donors (Lipinski definition) is 2. The molecular weight excluding hydrogens is 549 g/mol. The first-order valence-corrected chi connectivity index (χ1v) is 13.4. The minimum atomic E-state index is -0.923. The molecule has 0 fully saturated rings. The lowest BCUT2D eigenvalue weighted by molar-refractivity contribution is -0.141. The maximum atomic E-state index is 12.8. The normalized spacial score (nSPS) is 13.2. The number of allylic oxidation sites excluding steroid dienone is 2. The first kappa shape index (κ1) is 26.7. The van der Waals surface area contributed by atoms with Crippen LogP contribution in [0.5, 0.6) is 0 Å². The quantitative estimate of drug-likeness (QED) is 0.131. The summed E-state index contributed by atoms with van der Waals surface area (Å²) in [6.07, 6.45) is 3.20. The van der Waals surface area contributed by atoms with E-state index in [-0.39, 0.29) is 12.2 Å². The summed E-state index contributed by atoms with van der Waals surface area (Å²) in [5, 5.41) is 13.1. The van der Waals surface area contributed by atoms with E-state index in [9.17, 15) is 14.7 Å². The number of alkyl halides is 1. The van der Waals surface area contributed by atoms with Crippen molar-refractivity contribution in [3.05, 3.63) is 102 Å². The van der Waals surface area contributed by atoms with Gasteiger partial charge in [-0.15, -0.1) is 0 Å². The number of carboxylic acid groups (broad SMARTS) is 1. The molecule has 5 heteroatoms. The Morgan fingerprint density at radius 1 is 0.943 bits per heavy atom. The number of ketones is 1. The number of hydrogen-bond acceptors (Lipinski definition) is 3. The number of nitrogens with one attached hydrogen (secondary N) is 1. The summed E-state index contributed by atoms with van der Waals surface area (Å²) in [5.41, 5.74) is 5.95. The van der Waals surface area contributed by atoms with E-state index in [0.29, 0.717) is 24.3 Å². The van der Waals surface area contributed by atoms with Crippen LogP contribution in [0, 0.1) is 11.8 Å². The molecule has 2 N–H and O–H groups in total. The van der Waals surface area contributed by atoms with Crippen LogP contribution in [-0.2, 0) is 11.2 Å². The van der Waals surface area contributed by atoms with Crippen LogP contribution in [0.3, 0.4) is 0 Å². The van der Waals surface area contributed by atoms with Crippen LogP contribution in [0.25, 0.3) is 11.1 Å². The van der Waals surface area contributed by atoms with Crippen molar-refractivity contribution in [2.45, 2.75) is 33.1 Å². The zero-order chi connectivity index (χ0) is 25.2. The predicted octanol–water partition coefficient (Wildman–Crippen LogP) is 7.65. The SMILES string of the molecule is C/C=C(\Nc1ccc(-c2ccc(C(=O)CC(CCc3ccccc3)C(=O)O)cc2)cc1)C(C)CI. The van der Waals surface area contributed by atoms with Crippen molar-refractivity contribution in [1.82, 2.24) is 0 Å². The van der Waals surface area contributed by atoms with Crippen LogP contribution in [0.2, 0.25) is 0 Å². The fourth-order valence-corrected chi connectivity index (χ4v) is 4.44. The van der Waals surface area contributed by atoms with E-state index in [0.717, 1.165) is 26.8 Å². The van der Waals surface area contributed by atoms with Gasteiger partial charge in [0.1, 0.15) is 0 Å². The maximum Gasteiger partial charge on any atom is 0.306 e. The minimum absolute atomic E-state index is 0.00477. The molecule has 182 valence electrons. The van der Waals surface area contributed by atoms with Gasteiger partial charge in [-0.3, -0.25) is 9.59 Å². The third-order valence-electron chi connectivity index (χ3n) is 6.19. The number of Topliss-reactive ketones (excluding diaryl/α,β-unsaturated/α-hetero) is 1. The van der Waals surface area contributed by atoms with E-state index in [2.05, 4.69) is 65.2 Å². The molecule has 0 saturated carbocycles. The number of halogens is 1. The Morgan fingerprint density at radius 2 is 1.54 bits per heavy atom. The highest BCUT2D eigenvalue weighted by Crippen LogP contribution is 2.25. The average Bonchev–Trinajstić information content (AvgIpc) is 2.90. The average molecular weight is 581 g/mol.